The summed E-state index contributed by atoms with van der Waals surface area (Å²) in [6.45, 7) is 1.86. The van der Waals surface area contributed by atoms with E-state index >= 15 is 0 Å². The topological polar surface area (TPSA) is 29.5 Å². The lowest BCUT2D eigenvalue weighted by Gasteiger charge is -2.26. The summed E-state index contributed by atoms with van der Waals surface area (Å²) in [5.74, 6) is -0.439. The van der Waals surface area contributed by atoms with Crippen LogP contribution in [-0.2, 0) is 4.74 Å². The van der Waals surface area contributed by atoms with Crippen LogP contribution in [0.3, 0.4) is 0 Å². The van der Waals surface area contributed by atoms with E-state index in [4.69, 9.17) is 4.74 Å². The van der Waals surface area contributed by atoms with Crippen molar-refractivity contribution in [2.75, 3.05) is 26.8 Å². The highest BCUT2D eigenvalue weighted by atomic mass is 79.9. The highest BCUT2D eigenvalue weighted by Gasteiger charge is 2.19. The van der Waals surface area contributed by atoms with Crippen molar-refractivity contribution in [3.05, 3.63) is 45.7 Å². The first-order valence-electron chi connectivity index (χ1n) is 6.03. The zero-order valence-corrected chi connectivity index (χ0v) is 12.2. The van der Waals surface area contributed by atoms with Crippen LogP contribution in [0.15, 0.2) is 34.3 Å². The van der Waals surface area contributed by atoms with Crippen LogP contribution in [0.1, 0.15) is 16.8 Å². The number of hydrogen-bond acceptors (Lipinski definition) is 2. The molecule has 0 saturated carbocycles. The van der Waals surface area contributed by atoms with Crippen LogP contribution >= 0.6 is 15.9 Å². The zero-order valence-electron chi connectivity index (χ0n) is 10.7. The maximum atomic E-state index is 13.1. The van der Waals surface area contributed by atoms with Gasteiger partial charge < -0.3 is 9.64 Å². The molecule has 102 valence electrons. The normalized spacial score (nSPS) is 15.3. The molecule has 0 bridgehead atoms. The van der Waals surface area contributed by atoms with Crippen molar-refractivity contribution in [1.82, 2.24) is 4.90 Å². The third kappa shape index (κ3) is 3.42. The molecule has 0 aliphatic carbocycles. The molecule has 0 N–H and O–H groups in total. The molecule has 1 aliphatic heterocycles. The smallest absolute Gasteiger partial charge is 0.254 e. The maximum Gasteiger partial charge on any atom is 0.254 e. The Balaban J connectivity index is 2.07. The minimum absolute atomic E-state index is 0.0755. The standard InChI is InChI=1S/C14H15BrFNO2/c1-19-9-10-4-6-17(7-5-10)14(18)11-2-3-13(16)12(15)8-11/h2-4,8H,5-7,9H2,1H3. The molecule has 0 unspecified atom stereocenters. The number of ether oxygens (including phenoxy) is 1. The van der Waals surface area contributed by atoms with Gasteiger partial charge in [0, 0.05) is 25.8 Å². The van der Waals surface area contributed by atoms with E-state index in [2.05, 4.69) is 15.9 Å². The van der Waals surface area contributed by atoms with Gasteiger partial charge >= 0.3 is 0 Å². The molecule has 1 aliphatic rings. The van der Waals surface area contributed by atoms with Gasteiger partial charge in [-0.15, -0.1) is 0 Å². The van der Waals surface area contributed by atoms with E-state index in [1.807, 2.05) is 6.08 Å². The Morgan fingerprint density at radius 1 is 1.53 bits per heavy atom. The highest BCUT2D eigenvalue weighted by molar-refractivity contribution is 9.10. The number of methoxy groups -OCH3 is 1. The van der Waals surface area contributed by atoms with Crippen LogP contribution in [-0.4, -0.2) is 37.6 Å². The molecular formula is C14H15BrFNO2. The summed E-state index contributed by atoms with van der Waals surface area (Å²) in [5.41, 5.74) is 1.71. The largest absolute Gasteiger partial charge is 0.380 e. The molecule has 0 spiro atoms. The van der Waals surface area contributed by atoms with Crippen molar-refractivity contribution in [2.45, 2.75) is 6.42 Å². The molecule has 1 heterocycles. The maximum absolute atomic E-state index is 13.1. The zero-order chi connectivity index (χ0) is 13.8. The van der Waals surface area contributed by atoms with Crippen molar-refractivity contribution in [3.8, 4) is 0 Å². The fraction of sp³-hybridized carbons (Fsp3) is 0.357. The predicted octanol–water partition coefficient (Wildman–Crippen LogP) is 3.01. The number of halogens is 2. The van der Waals surface area contributed by atoms with Gasteiger partial charge in [-0.25, -0.2) is 4.39 Å². The molecule has 1 aromatic rings. The minimum atomic E-state index is -0.363. The molecule has 2 rings (SSSR count). The predicted molar refractivity (Wildman–Crippen MR) is 74.6 cm³/mol. The van der Waals surface area contributed by atoms with Crippen molar-refractivity contribution in [2.24, 2.45) is 0 Å². The Morgan fingerprint density at radius 3 is 2.89 bits per heavy atom. The van der Waals surface area contributed by atoms with Gasteiger partial charge in [0.2, 0.25) is 0 Å². The van der Waals surface area contributed by atoms with Gasteiger partial charge in [-0.05, 0) is 46.1 Å². The summed E-state index contributed by atoms with van der Waals surface area (Å²) >= 11 is 3.09. The second-order valence-electron chi connectivity index (χ2n) is 4.43. The molecule has 19 heavy (non-hydrogen) atoms. The van der Waals surface area contributed by atoms with Gasteiger partial charge in [0.1, 0.15) is 5.82 Å². The molecule has 3 nitrogen and oxygen atoms in total. The van der Waals surface area contributed by atoms with Crippen LogP contribution in [0.25, 0.3) is 0 Å². The molecule has 0 aromatic heterocycles. The van der Waals surface area contributed by atoms with Crippen molar-refractivity contribution in [1.29, 1.82) is 0 Å². The Bertz CT molecular complexity index is 516. The van der Waals surface area contributed by atoms with E-state index in [1.165, 1.54) is 23.8 Å². The van der Waals surface area contributed by atoms with E-state index in [1.54, 1.807) is 12.0 Å². The van der Waals surface area contributed by atoms with Gasteiger partial charge in [0.25, 0.3) is 5.91 Å². The fourth-order valence-electron chi connectivity index (χ4n) is 2.02. The average Bonchev–Trinajstić information content (AvgIpc) is 2.42. The molecule has 1 aromatic carbocycles. The van der Waals surface area contributed by atoms with Gasteiger partial charge in [0.15, 0.2) is 0 Å². The molecular weight excluding hydrogens is 313 g/mol. The summed E-state index contributed by atoms with van der Waals surface area (Å²) < 4.78 is 18.5. The Labute approximate surface area is 120 Å². The molecule has 0 fully saturated rings. The molecule has 5 heteroatoms. The number of amides is 1. The third-order valence-corrected chi connectivity index (χ3v) is 3.69. The lowest BCUT2D eigenvalue weighted by molar-refractivity contribution is 0.0765. The second kappa shape index (κ2) is 6.30. The molecule has 0 atom stereocenters. The molecule has 0 saturated heterocycles. The first kappa shape index (κ1) is 14.2. The first-order chi connectivity index (χ1) is 9.11. The van der Waals surface area contributed by atoms with Gasteiger partial charge in [0.05, 0.1) is 11.1 Å². The monoisotopic (exact) mass is 327 g/mol. The Morgan fingerprint density at radius 2 is 2.32 bits per heavy atom. The summed E-state index contributed by atoms with van der Waals surface area (Å²) in [5, 5.41) is 0. The van der Waals surface area contributed by atoms with Crippen LogP contribution in [0.4, 0.5) is 4.39 Å². The summed E-state index contributed by atoms with van der Waals surface area (Å²) in [4.78, 5) is 14.0. The molecule has 0 radical (unpaired) electrons. The van der Waals surface area contributed by atoms with Crippen LogP contribution < -0.4 is 0 Å². The van der Waals surface area contributed by atoms with Gasteiger partial charge in [-0.3, -0.25) is 4.79 Å². The number of carbonyl (C=O) groups is 1. The van der Waals surface area contributed by atoms with Crippen molar-refractivity contribution < 1.29 is 13.9 Å². The van der Waals surface area contributed by atoms with E-state index in [9.17, 15) is 9.18 Å². The lowest BCUT2D eigenvalue weighted by atomic mass is 10.1. The number of carbonyl (C=O) groups excluding carboxylic acids is 1. The Hall–Kier alpha value is -1.20. The summed E-state index contributed by atoms with van der Waals surface area (Å²) in [6, 6.07) is 4.33. The van der Waals surface area contributed by atoms with Crippen LogP contribution in [0, 0.1) is 5.82 Å². The van der Waals surface area contributed by atoms with Crippen molar-refractivity contribution in [3.63, 3.8) is 0 Å². The van der Waals surface area contributed by atoms with Crippen LogP contribution in [0.2, 0.25) is 0 Å². The lowest BCUT2D eigenvalue weighted by Crippen LogP contribution is -2.35. The number of benzene rings is 1. The van der Waals surface area contributed by atoms with Crippen molar-refractivity contribution >= 4 is 21.8 Å². The second-order valence-corrected chi connectivity index (χ2v) is 5.28. The Kier molecular flexibility index (Phi) is 4.71. The SMILES string of the molecule is COCC1=CCN(C(=O)c2ccc(F)c(Br)c2)CC1. The number of hydrogen-bond donors (Lipinski definition) is 0. The average molecular weight is 328 g/mol. The third-order valence-electron chi connectivity index (χ3n) is 3.09. The highest BCUT2D eigenvalue weighted by Crippen LogP contribution is 2.19. The quantitative estimate of drug-likeness (QED) is 0.799. The number of nitrogens with zero attached hydrogens (tertiary/aromatic N) is 1. The van der Waals surface area contributed by atoms with E-state index in [0.29, 0.717) is 29.7 Å². The fourth-order valence-corrected chi connectivity index (χ4v) is 2.40. The van der Waals surface area contributed by atoms with Gasteiger partial charge in [-0.2, -0.15) is 0 Å². The summed E-state index contributed by atoms with van der Waals surface area (Å²) in [7, 11) is 1.66. The minimum Gasteiger partial charge on any atom is -0.380 e. The first-order valence-corrected chi connectivity index (χ1v) is 6.82. The number of rotatable bonds is 3. The van der Waals surface area contributed by atoms with E-state index < -0.39 is 0 Å². The van der Waals surface area contributed by atoms with Crippen LogP contribution in [0.5, 0.6) is 0 Å². The molecule has 1 amide bonds. The van der Waals surface area contributed by atoms with E-state index in [-0.39, 0.29) is 11.7 Å². The summed E-state index contributed by atoms with van der Waals surface area (Å²) in [6.07, 6.45) is 2.84. The van der Waals surface area contributed by atoms with Gasteiger partial charge in [-0.1, -0.05) is 6.08 Å². The van der Waals surface area contributed by atoms with E-state index in [0.717, 1.165) is 6.42 Å².